The van der Waals surface area contributed by atoms with Gasteiger partial charge >= 0.3 is 0 Å². The number of pyridine rings is 1. The highest BCUT2D eigenvalue weighted by molar-refractivity contribution is 6.32. The normalized spacial score (nSPS) is 15.1. The van der Waals surface area contributed by atoms with Crippen molar-refractivity contribution in [2.45, 2.75) is 20.1 Å². The predicted octanol–water partition coefficient (Wildman–Crippen LogP) is 2.07. The van der Waals surface area contributed by atoms with E-state index in [4.69, 9.17) is 16.3 Å². The van der Waals surface area contributed by atoms with E-state index in [-0.39, 0.29) is 0 Å². The fourth-order valence-corrected chi connectivity index (χ4v) is 1.41. The Kier molecular flexibility index (Phi) is 1.59. The molecule has 0 bridgehead atoms. The molecule has 58 valence electrons. The number of nitrogens with zero attached hydrogens (tertiary/aromatic N) is 1. The van der Waals surface area contributed by atoms with Gasteiger partial charge in [0.2, 0.25) is 0 Å². The van der Waals surface area contributed by atoms with Gasteiger partial charge in [0.1, 0.15) is 0 Å². The molecule has 0 amide bonds. The molecule has 1 aliphatic heterocycles. The van der Waals surface area contributed by atoms with E-state index in [2.05, 4.69) is 4.98 Å². The van der Waals surface area contributed by atoms with Crippen LogP contribution in [0.4, 0.5) is 0 Å². The van der Waals surface area contributed by atoms with Crippen LogP contribution in [0.3, 0.4) is 0 Å². The minimum Gasteiger partial charge on any atom is -0.370 e. The lowest BCUT2D eigenvalue weighted by molar-refractivity contribution is 0.133. The molecule has 2 nitrogen and oxygen atoms in total. The van der Waals surface area contributed by atoms with Gasteiger partial charge in [-0.15, -0.1) is 0 Å². The summed E-state index contributed by atoms with van der Waals surface area (Å²) in [7, 11) is 0. The van der Waals surface area contributed by atoms with Gasteiger partial charge in [-0.3, -0.25) is 4.98 Å². The second-order valence-corrected chi connectivity index (χ2v) is 3.05. The molecule has 0 saturated heterocycles. The summed E-state index contributed by atoms with van der Waals surface area (Å²) in [5.41, 5.74) is 3.07. The van der Waals surface area contributed by atoms with Gasteiger partial charge < -0.3 is 4.74 Å². The summed E-state index contributed by atoms with van der Waals surface area (Å²) in [5, 5.41) is 0.813. The van der Waals surface area contributed by atoms with Crippen LogP contribution < -0.4 is 0 Å². The number of ether oxygens (including phenoxy) is 1. The van der Waals surface area contributed by atoms with E-state index >= 15 is 0 Å². The summed E-state index contributed by atoms with van der Waals surface area (Å²) in [6, 6.07) is 0. The van der Waals surface area contributed by atoms with Gasteiger partial charge in [-0.2, -0.15) is 0 Å². The van der Waals surface area contributed by atoms with E-state index in [0.29, 0.717) is 13.2 Å². The molecule has 0 saturated carbocycles. The Balaban J connectivity index is 2.62. The number of hydrogen-bond donors (Lipinski definition) is 0. The summed E-state index contributed by atoms with van der Waals surface area (Å²) in [4.78, 5) is 4.21. The Hall–Kier alpha value is -0.600. The number of hydrogen-bond acceptors (Lipinski definition) is 2. The lowest BCUT2D eigenvalue weighted by atomic mass is 10.2. The number of halogens is 1. The maximum Gasteiger partial charge on any atom is 0.0896 e. The molecule has 2 rings (SSSR count). The Labute approximate surface area is 70.2 Å². The van der Waals surface area contributed by atoms with Gasteiger partial charge in [0.25, 0.3) is 0 Å². The summed E-state index contributed by atoms with van der Waals surface area (Å²) >= 11 is 6.02. The highest BCUT2D eigenvalue weighted by Crippen LogP contribution is 2.27. The van der Waals surface area contributed by atoms with E-state index in [9.17, 15) is 0 Å². The van der Waals surface area contributed by atoms with Crippen molar-refractivity contribution in [1.29, 1.82) is 0 Å². The van der Waals surface area contributed by atoms with Gasteiger partial charge in [0.05, 0.1) is 23.9 Å². The maximum atomic E-state index is 6.02. The van der Waals surface area contributed by atoms with Gasteiger partial charge in [-0.1, -0.05) is 11.6 Å². The lowest BCUT2D eigenvalue weighted by Crippen LogP contribution is -1.90. The molecule has 0 aromatic carbocycles. The summed E-state index contributed by atoms with van der Waals surface area (Å²) in [6.07, 6.45) is 1.79. The van der Waals surface area contributed by atoms with Crippen LogP contribution in [0.5, 0.6) is 0 Å². The fraction of sp³-hybridized carbons (Fsp3) is 0.375. The molecule has 1 aliphatic rings. The summed E-state index contributed by atoms with van der Waals surface area (Å²) in [6.45, 7) is 3.17. The van der Waals surface area contributed by atoms with Crippen LogP contribution in [0.15, 0.2) is 6.20 Å². The molecule has 11 heavy (non-hydrogen) atoms. The molecule has 1 aromatic heterocycles. The minimum atomic E-state index is 0.606. The minimum absolute atomic E-state index is 0.606. The highest BCUT2D eigenvalue weighted by atomic mass is 35.5. The number of aromatic nitrogens is 1. The van der Waals surface area contributed by atoms with Crippen molar-refractivity contribution in [3.63, 3.8) is 0 Å². The van der Waals surface area contributed by atoms with E-state index in [1.54, 1.807) is 6.20 Å². The molecule has 0 spiro atoms. The standard InChI is InChI=1S/C8H8ClNO/c1-5-2-10-7-4-11-3-6(7)8(5)9/h2H,3-4H2,1H3. The third kappa shape index (κ3) is 1.03. The molecule has 1 aromatic rings. The zero-order valence-corrected chi connectivity index (χ0v) is 6.98. The Morgan fingerprint density at radius 3 is 3.18 bits per heavy atom. The average Bonchev–Trinajstić information content (AvgIpc) is 2.45. The highest BCUT2D eigenvalue weighted by Gasteiger charge is 2.16. The van der Waals surface area contributed by atoms with E-state index < -0.39 is 0 Å². The van der Waals surface area contributed by atoms with Crippen molar-refractivity contribution in [2.75, 3.05) is 0 Å². The number of aryl methyl sites for hydroxylation is 1. The third-order valence-corrected chi connectivity index (χ3v) is 2.38. The predicted molar refractivity (Wildman–Crippen MR) is 42.5 cm³/mol. The van der Waals surface area contributed by atoms with Gasteiger partial charge in [-0.05, 0) is 12.5 Å². The van der Waals surface area contributed by atoms with E-state index in [1.807, 2.05) is 6.92 Å². The first-order valence-corrected chi connectivity index (χ1v) is 3.87. The summed E-state index contributed by atoms with van der Waals surface area (Å²) < 4.78 is 5.20. The number of fused-ring (bicyclic) bond motifs is 1. The summed E-state index contributed by atoms with van der Waals surface area (Å²) in [5.74, 6) is 0. The first kappa shape index (κ1) is 7.07. The molecule has 0 atom stereocenters. The van der Waals surface area contributed by atoms with E-state index in [0.717, 1.165) is 21.8 Å². The van der Waals surface area contributed by atoms with Crippen LogP contribution in [0.2, 0.25) is 5.02 Å². The van der Waals surface area contributed by atoms with Crippen molar-refractivity contribution in [1.82, 2.24) is 4.98 Å². The SMILES string of the molecule is Cc1cnc2c(c1Cl)COC2. The topological polar surface area (TPSA) is 22.1 Å². The van der Waals surface area contributed by atoms with Crippen LogP contribution >= 0.6 is 11.6 Å². The van der Waals surface area contributed by atoms with Gasteiger partial charge in [-0.25, -0.2) is 0 Å². The Morgan fingerprint density at radius 2 is 2.36 bits per heavy atom. The van der Waals surface area contributed by atoms with Gasteiger partial charge in [0, 0.05) is 11.8 Å². The Morgan fingerprint density at radius 1 is 1.55 bits per heavy atom. The quantitative estimate of drug-likeness (QED) is 0.593. The largest absolute Gasteiger partial charge is 0.370 e. The third-order valence-electron chi connectivity index (χ3n) is 1.86. The molecule has 0 N–H and O–H groups in total. The monoisotopic (exact) mass is 169 g/mol. The lowest BCUT2D eigenvalue weighted by Gasteiger charge is -2.01. The second kappa shape index (κ2) is 2.47. The zero-order valence-electron chi connectivity index (χ0n) is 6.22. The molecule has 0 radical (unpaired) electrons. The fourth-order valence-electron chi connectivity index (χ4n) is 1.19. The smallest absolute Gasteiger partial charge is 0.0896 e. The molecular formula is C8H8ClNO. The van der Waals surface area contributed by atoms with Crippen LogP contribution in [0.25, 0.3) is 0 Å². The van der Waals surface area contributed by atoms with Crippen molar-refractivity contribution in [3.05, 3.63) is 28.0 Å². The van der Waals surface area contributed by atoms with Crippen LogP contribution in [0.1, 0.15) is 16.8 Å². The van der Waals surface area contributed by atoms with Crippen LogP contribution in [0, 0.1) is 6.92 Å². The Bertz CT molecular complexity index is 298. The van der Waals surface area contributed by atoms with Gasteiger partial charge in [0.15, 0.2) is 0 Å². The maximum absolute atomic E-state index is 6.02. The first-order chi connectivity index (χ1) is 5.29. The first-order valence-electron chi connectivity index (χ1n) is 3.49. The molecule has 0 unspecified atom stereocenters. The number of rotatable bonds is 0. The zero-order chi connectivity index (χ0) is 7.84. The molecule has 0 fully saturated rings. The molecule has 2 heterocycles. The molecular weight excluding hydrogens is 162 g/mol. The van der Waals surface area contributed by atoms with Crippen molar-refractivity contribution < 1.29 is 4.74 Å². The van der Waals surface area contributed by atoms with Crippen molar-refractivity contribution in [3.8, 4) is 0 Å². The average molecular weight is 170 g/mol. The van der Waals surface area contributed by atoms with E-state index in [1.165, 1.54) is 0 Å². The van der Waals surface area contributed by atoms with Crippen LogP contribution in [-0.4, -0.2) is 4.98 Å². The van der Waals surface area contributed by atoms with Crippen molar-refractivity contribution >= 4 is 11.6 Å². The van der Waals surface area contributed by atoms with Crippen LogP contribution in [-0.2, 0) is 18.0 Å². The molecule has 0 aliphatic carbocycles. The molecule has 3 heteroatoms. The second-order valence-electron chi connectivity index (χ2n) is 2.67. The van der Waals surface area contributed by atoms with Crippen molar-refractivity contribution in [2.24, 2.45) is 0 Å².